The molecule has 1 aliphatic heterocycles. The molecule has 0 aromatic heterocycles. The number of amides is 1. The SMILES string of the molecule is CC(O)CCCCCC(=O)c1ccc(C(C)N2C(=O)C(c3cc(Cl)cc(Cl)c3)=NC23CCC(C(C)(C)C)CC3)cc1. The largest absolute Gasteiger partial charge is 0.393 e. The first-order chi connectivity index (χ1) is 19.3. The number of carbonyl (C=O) groups is 2. The molecule has 7 heteroatoms. The van der Waals surface area contributed by atoms with Crippen molar-refractivity contribution in [3.05, 3.63) is 69.2 Å². The van der Waals surface area contributed by atoms with Gasteiger partial charge in [-0.05, 0) is 87.5 Å². The molecule has 1 fully saturated rings. The lowest BCUT2D eigenvalue weighted by Crippen LogP contribution is -2.50. The fourth-order valence-electron chi connectivity index (χ4n) is 6.47. The van der Waals surface area contributed by atoms with E-state index in [0.29, 0.717) is 39.2 Å². The number of rotatable bonds is 10. The van der Waals surface area contributed by atoms with Crippen LogP contribution in [0.1, 0.15) is 120 Å². The van der Waals surface area contributed by atoms with Crippen molar-refractivity contribution >= 4 is 40.6 Å². The molecule has 4 rings (SSSR count). The summed E-state index contributed by atoms with van der Waals surface area (Å²) in [6, 6.07) is 12.7. The highest BCUT2D eigenvalue weighted by molar-refractivity contribution is 6.47. The van der Waals surface area contributed by atoms with Crippen molar-refractivity contribution in [1.82, 2.24) is 4.90 Å². The third-order valence-electron chi connectivity index (χ3n) is 8.96. The van der Waals surface area contributed by atoms with E-state index < -0.39 is 5.66 Å². The maximum atomic E-state index is 14.1. The highest BCUT2D eigenvalue weighted by Crippen LogP contribution is 2.49. The number of nitrogens with zero attached hydrogens (tertiary/aromatic N) is 2. The molecule has 1 aliphatic carbocycles. The number of aliphatic hydroxyl groups excluding tert-OH is 1. The smallest absolute Gasteiger partial charge is 0.275 e. The van der Waals surface area contributed by atoms with Crippen LogP contribution in [-0.2, 0) is 4.79 Å². The number of aliphatic hydroxyl groups is 1. The zero-order chi connectivity index (χ0) is 29.9. The highest BCUT2D eigenvalue weighted by atomic mass is 35.5. The van der Waals surface area contributed by atoms with Gasteiger partial charge < -0.3 is 10.0 Å². The molecule has 2 unspecified atom stereocenters. The van der Waals surface area contributed by atoms with E-state index in [4.69, 9.17) is 28.2 Å². The summed E-state index contributed by atoms with van der Waals surface area (Å²) >= 11 is 12.6. The fourth-order valence-corrected chi connectivity index (χ4v) is 7.00. The molecule has 5 nitrogen and oxygen atoms in total. The number of benzene rings is 2. The Morgan fingerprint density at radius 2 is 1.63 bits per heavy atom. The summed E-state index contributed by atoms with van der Waals surface area (Å²) in [4.78, 5) is 34.0. The third-order valence-corrected chi connectivity index (χ3v) is 9.40. The van der Waals surface area contributed by atoms with Crippen LogP contribution in [0.15, 0.2) is 47.5 Å². The summed E-state index contributed by atoms with van der Waals surface area (Å²) in [6.45, 7) is 10.7. The van der Waals surface area contributed by atoms with Crippen molar-refractivity contribution in [2.45, 2.75) is 110 Å². The standard InChI is InChI=1S/C34H44Cl2N2O3/c1-22(39)9-7-6-8-10-30(40)25-13-11-24(12-14-25)23(2)38-32(41)31(26-19-28(35)21-29(36)20-26)37-34(38)17-15-27(16-18-34)33(3,4)5/h11-14,19-23,27,39H,6-10,15-18H2,1-5H3. The summed E-state index contributed by atoms with van der Waals surface area (Å²) in [5, 5.41) is 10.4. The molecule has 41 heavy (non-hydrogen) atoms. The van der Waals surface area contributed by atoms with Crippen LogP contribution in [0.3, 0.4) is 0 Å². The number of hydrogen-bond acceptors (Lipinski definition) is 4. The van der Waals surface area contributed by atoms with Crippen molar-refractivity contribution < 1.29 is 14.7 Å². The Morgan fingerprint density at radius 1 is 1.02 bits per heavy atom. The second-order valence-electron chi connectivity index (χ2n) is 13.1. The van der Waals surface area contributed by atoms with Crippen LogP contribution in [0, 0.1) is 11.3 Å². The molecule has 2 aromatic rings. The third kappa shape index (κ3) is 7.42. The van der Waals surface area contributed by atoms with E-state index in [0.717, 1.165) is 56.9 Å². The van der Waals surface area contributed by atoms with Gasteiger partial charge in [0.15, 0.2) is 5.78 Å². The van der Waals surface area contributed by atoms with Crippen LogP contribution in [0.4, 0.5) is 0 Å². The Kier molecular flexibility index (Phi) is 10.0. The van der Waals surface area contributed by atoms with Crippen molar-refractivity contribution in [3.8, 4) is 0 Å². The molecule has 1 spiro atoms. The van der Waals surface area contributed by atoms with E-state index >= 15 is 0 Å². The Hall–Kier alpha value is -2.21. The topological polar surface area (TPSA) is 70.0 Å². The molecule has 2 aromatic carbocycles. The van der Waals surface area contributed by atoms with E-state index in [2.05, 4.69) is 27.7 Å². The molecule has 1 amide bonds. The van der Waals surface area contributed by atoms with E-state index in [1.807, 2.05) is 29.2 Å². The van der Waals surface area contributed by atoms with Crippen molar-refractivity contribution in [1.29, 1.82) is 0 Å². The van der Waals surface area contributed by atoms with Crippen molar-refractivity contribution in [3.63, 3.8) is 0 Å². The number of ketones is 1. The minimum absolute atomic E-state index is 0.109. The number of unbranched alkanes of at least 4 members (excludes halogenated alkanes) is 2. The van der Waals surface area contributed by atoms with Gasteiger partial charge >= 0.3 is 0 Å². The lowest BCUT2D eigenvalue weighted by molar-refractivity contribution is -0.132. The predicted molar refractivity (Wildman–Crippen MR) is 168 cm³/mol. The summed E-state index contributed by atoms with van der Waals surface area (Å²) in [7, 11) is 0. The average molecular weight is 600 g/mol. The average Bonchev–Trinajstić information content (AvgIpc) is 3.18. The van der Waals surface area contributed by atoms with Gasteiger partial charge in [0.2, 0.25) is 0 Å². The van der Waals surface area contributed by atoms with Crippen LogP contribution >= 0.6 is 23.2 Å². The second kappa shape index (κ2) is 13.0. The van der Waals surface area contributed by atoms with Gasteiger partial charge in [-0.15, -0.1) is 0 Å². The predicted octanol–water partition coefficient (Wildman–Crippen LogP) is 8.83. The van der Waals surface area contributed by atoms with Gasteiger partial charge in [0, 0.05) is 27.6 Å². The van der Waals surface area contributed by atoms with Gasteiger partial charge in [-0.2, -0.15) is 0 Å². The Balaban J connectivity index is 1.55. The van der Waals surface area contributed by atoms with Crippen molar-refractivity contribution in [2.24, 2.45) is 16.3 Å². The molecule has 1 N–H and O–H groups in total. The first-order valence-electron chi connectivity index (χ1n) is 15.0. The fraction of sp³-hybridized carbons (Fsp3) is 0.559. The quantitative estimate of drug-likeness (QED) is 0.219. The summed E-state index contributed by atoms with van der Waals surface area (Å²) < 4.78 is 0. The molecule has 2 atom stereocenters. The van der Waals surface area contributed by atoms with Gasteiger partial charge in [-0.3, -0.25) is 14.6 Å². The molecule has 0 saturated heterocycles. The summed E-state index contributed by atoms with van der Waals surface area (Å²) in [5.74, 6) is 0.582. The van der Waals surface area contributed by atoms with E-state index in [1.54, 1.807) is 25.1 Å². The monoisotopic (exact) mass is 598 g/mol. The Labute approximate surface area is 255 Å². The van der Waals surface area contributed by atoms with Crippen LogP contribution in [0.2, 0.25) is 10.0 Å². The van der Waals surface area contributed by atoms with Crippen molar-refractivity contribution in [2.75, 3.05) is 0 Å². The lowest BCUT2D eigenvalue weighted by Gasteiger charge is -2.46. The molecule has 2 aliphatic rings. The second-order valence-corrected chi connectivity index (χ2v) is 14.0. The summed E-state index contributed by atoms with van der Waals surface area (Å²) in [6.07, 6.45) is 7.24. The van der Waals surface area contributed by atoms with Gasteiger partial charge in [0.1, 0.15) is 11.4 Å². The summed E-state index contributed by atoms with van der Waals surface area (Å²) in [5.41, 5.74) is 2.31. The Morgan fingerprint density at radius 3 is 2.20 bits per heavy atom. The number of carbonyl (C=O) groups excluding carboxylic acids is 2. The number of Topliss-reactive ketones (excluding diaryl/α,β-unsaturated/α-hetero) is 1. The molecule has 0 radical (unpaired) electrons. The normalized spacial score (nSPS) is 22.6. The number of hydrogen-bond donors (Lipinski definition) is 1. The van der Waals surface area contributed by atoms with Crippen LogP contribution < -0.4 is 0 Å². The molecule has 0 bridgehead atoms. The van der Waals surface area contributed by atoms with Gasteiger partial charge in [0.05, 0.1) is 12.1 Å². The minimum Gasteiger partial charge on any atom is -0.393 e. The highest BCUT2D eigenvalue weighted by Gasteiger charge is 2.52. The van der Waals surface area contributed by atoms with Gasteiger partial charge in [-0.1, -0.05) is 81.1 Å². The van der Waals surface area contributed by atoms with Gasteiger partial charge in [-0.25, -0.2) is 0 Å². The van der Waals surface area contributed by atoms with Gasteiger partial charge in [0.25, 0.3) is 5.91 Å². The molecule has 1 saturated carbocycles. The molecular weight excluding hydrogens is 555 g/mol. The molecule has 1 heterocycles. The maximum Gasteiger partial charge on any atom is 0.275 e. The van der Waals surface area contributed by atoms with Crippen LogP contribution in [0.5, 0.6) is 0 Å². The van der Waals surface area contributed by atoms with Crippen LogP contribution in [-0.4, -0.2) is 39.2 Å². The molecular formula is C34H44Cl2N2O3. The van der Waals surface area contributed by atoms with Crippen LogP contribution in [0.25, 0.3) is 0 Å². The molecule has 222 valence electrons. The number of halogens is 2. The zero-order valence-electron chi connectivity index (χ0n) is 25.1. The minimum atomic E-state index is -0.622. The number of aliphatic imine (C=N–C) groups is 1. The van der Waals surface area contributed by atoms with E-state index in [1.165, 1.54) is 0 Å². The van der Waals surface area contributed by atoms with E-state index in [9.17, 15) is 14.7 Å². The zero-order valence-corrected chi connectivity index (χ0v) is 26.6. The first kappa shape index (κ1) is 31.7. The maximum absolute atomic E-state index is 14.1. The Bertz CT molecular complexity index is 1250. The first-order valence-corrected chi connectivity index (χ1v) is 15.8. The van der Waals surface area contributed by atoms with E-state index in [-0.39, 0.29) is 29.3 Å². The lowest BCUT2D eigenvalue weighted by atomic mass is 9.69.